The fraction of sp³-hybridized carbons (Fsp3) is 0.316. The van der Waals surface area contributed by atoms with Crippen molar-refractivity contribution in [2.75, 3.05) is 33.0 Å². The summed E-state index contributed by atoms with van der Waals surface area (Å²) in [5.41, 5.74) is 2.02. The number of nitrogens with one attached hydrogen (secondary N) is 1. The predicted molar refractivity (Wildman–Crippen MR) is 89.3 cm³/mol. The maximum absolute atomic E-state index is 12.7. The third-order valence-corrected chi connectivity index (χ3v) is 4.67. The summed E-state index contributed by atoms with van der Waals surface area (Å²) in [5.74, 6) is 1.45. The Balaban J connectivity index is 1.36. The van der Waals surface area contributed by atoms with E-state index in [-0.39, 0.29) is 12.7 Å². The zero-order valence-electron chi connectivity index (χ0n) is 13.5. The first kappa shape index (κ1) is 15.0. The van der Waals surface area contributed by atoms with Gasteiger partial charge in [-0.2, -0.15) is 0 Å². The lowest BCUT2D eigenvalue weighted by molar-refractivity contribution is -0.917. The van der Waals surface area contributed by atoms with Crippen molar-refractivity contribution in [3.8, 4) is 11.5 Å². The zero-order chi connectivity index (χ0) is 16.4. The largest absolute Gasteiger partial charge is 0.454 e. The van der Waals surface area contributed by atoms with E-state index in [2.05, 4.69) is 24.3 Å². The minimum Gasteiger partial charge on any atom is -0.454 e. The normalized spacial score (nSPS) is 17.1. The molecule has 1 amide bonds. The summed E-state index contributed by atoms with van der Waals surface area (Å²) in [7, 11) is 0. The van der Waals surface area contributed by atoms with Crippen LogP contribution in [-0.2, 0) is 6.54 Å². The molecule has 2 heterocycles. The summed E-state index contributed by atoms with van der Waals surface area (Å²) in [6.07, 6.45) is 0. The highest BCUT2D eigenvalue weighted by Crippen LogP contribution is 2.32. The van der Waals surface area contributed by atoms with Crippen LogP contribution < -0.4 is 14.4 Å². The molecule has 2 aliphatic rings. The highest BCUT2D eigenvalue weighted by Gasteiger charge is 2.26. The van der Waals surface area contributed by atoms with Crippen LogP contribution in [0.15, 0.2) is 48.5 Å². The topological polar surface area (TPSA) is 43.2 Å². The van der Waals surface area contributed by atoms with Gasteiger partial charge in [0, 0.05) is 11.1 Å². The number of nitrogens with zero attached hydrogens (tertiary/aromatic N) is 1. The maximum Gasteiger partial charge on any atom is 0.254 e. The van der Waals surface area contributed by atoms with E-state index in [1.807, 2.05) is 23.1 Å². The van der Waals surface area contributed by atoms with Crippen LogP contribution in [0.3, 0.4) is 0 Å². The summed E-state index contributed by atoms with van der Waals surface area (Å²) in [6.45, 7) is 4.78. The van der Waals surface area contributed by atoms with Gasteiger partial charge in [0.1, 0.15) is 6.54 Å². The monoisotopic (exact) mass is 325 g/mol. The first-order valence-corrected chi connectivity index (χ1v) is 8.36. The Morgan fingerprint density at radius 2 is 1.75 bits per heavy atom. The fourth-order valence-electron chi connectivity index (χ4n) is 3.30. The van der Waals surface area contributed by atoms with Gasteiger partial charge in [0.2, 0.25) is 6.79 Å². The van der Waals surface area contributed by atoms with Crippen LogP contribution in [0.25, 0.3) is 0 Å². The molecule has 4 rings (SSSR count). The molecular weight excluding hydrogens is 304 g/mol. The minimum absolute atomic E-state index is 0.0760. The van der Waals surface area contributed by atoms with Crippen molar-refractivity contribution in [1.29, 1.82) is 0 Å². The van der Waals surface area contributed by atoms with Crippen molar-refractivity contribution >= 4 is 5.91 Å². The van der Waals surface area contributed by atoms with Crippen molar-refractivity contribution < 1.29 is 19.2 Å². The number of carbonyl (C=O) groups excluding carboxylic acids is 1. The molecule has 1 N–H and O–H groups in total. The second-order valence-electron chi connectivity index (χ2n) is 6.27. The van der Waals surface area contributed by atoms with Crippen molar-refractivity contribution in [3.63, 3.8) is 0 Å². The molecule has 0 saturated carbocycles. The number of amides is 1. The third kappa shape index (κ3) is 3.08. The van der Waals surface area contributed by atoms with Gasteiger partial charge in [0.05, 0.1) is 26.2 Å². The van der Waals surface area contributed by atoms with Crippen molar-refractivity contribution in [2.45, 2.75) is 6.54 Å². The van der Waals surface area contributed by atoms with Gasteiger partial charge < -0.3 is 19.3 Å². The molecule has 5 nitrogen and oxygen atoms in total. The van der Waals surface area contributed by atoms with Gasteiger partial charge in [-0.05, 0) is 18.2 Å². The van der Waals surface area contributed by atoms with Crippen LogP contribution >= 0.6 is 0 Å². The zero-order valence-corrected chi connectivity index (χ0v) is 13.5. The number of rotatable bonds is 3. The summed E-state index contributed by atoms with van der Waals surface area (Å²) >= 11 is 0. The van der Waals surface area contributed by atoms with Crippen LogP contribution in [0, 0.1) is 0 Å². The SMILES string of the molecule is O=C(c1ccc2c(c1)OCO2)N1CC[NH+](Cc2ccccc2)CC1. The van der Waals surface area contributed by atoms with E-state index < -0.39 is 0 Å². The molecule has 1 fully saturated rings. The molecule has 1 saturated heterocycles. The lowest BCUT2D eigenvalue weighted by atomic mass is 10.1. The number of hydrogen-bond donors (Lipinski definition) is 1. The summed E-state index contributed by atoms with van der Waals surface area (Å²) in [6, 6.07) is 15.9. The summed E-state index contributed by atoms with van der Waals surface area (Å²) < 4.78 is 10.7. The molecule has 2 aromatic carbocycles. The van der Waals surface area contributed by atoms with Crippen molar-refractivity contribution in [1.82, 2.24) is 4.90 Å². The molecule has 24 heavy (non-hydrogen) atoms. The standard InChI is InChI=1S/C19H20N2O3/c22-19(16-6-7-17-18(12-16)24-14-23-17)21-10-8-20(9-11-21)13-15-4-2-1-3-5-15/h1-7,12H,8-11,13-14H2/p+1. The van der Waals surface area contributed by atoms with Crippen LogP contribution in [0.5, 0.6) is 11.5 Å². The Morgan fingerprint density at radius 3 is 2.54 bits per heavy atom. The van der Waals surface area contributed by atoms with Crippen LogP contribution in [0.4, 0.5) is 0 Å². The summed E-state index contributed by atoms with van der Waals surface area (Å²) in [4.78, 5) is 16.1. The molecule has 0 spiro atoms. The Hall–Kier alpha value is -2.53. The molecule has 0 atom stereocenters. The number of carbonyl (C=O) groups is 1. The molecule has 0 unspecified atom stereocenters. The van der Waals surface area contributed by atoms with Gasteiger partial charge in [-0.1, -0.05) is 30.3 Å². The van der Waals surface area contributed by atoms with E-state index in [0.717, 1.165) is 32.7 Å². The number of piperazine rings is 1. The first-order valence-electron chi connectivity index (χ1n) is 8.36. The smallest absolute Gasteiger partial charge is 0.254 e. The van der Waals surface area contributed by atoms with Crippen LogP contribution in [0.2, 0.25) is 0 Å². The van der Waals surface area contributed by atoms with E-state index in [1.54, 1.807) is 6.07 Å². The second-order valence-corrected chi connectivity index (χ2v) is 6.27. The molecule has 2 aliphatic heterocycles. The van der Waals surface area contributed by atoms with Crippen LogP contribution in [0.1, 0.15) is 15.9 Å². The Kier molecular flexibility index (Phi) is 4.09. The number of hydrogen-bond acceptors (Lipinski definition) is 3. The number of fused-ring (bicyclic) bond motifs is 1. The molecule has 0 radical (unpaired) electrons. The molecule has 0 bridgehead atoms. The third-order valence-electron chi connectivity index (χ3n) is 4.67. The fourth-order valence-corrected chi connectivity index (χ4v) is 3.30. The molecule has 2 aromatic rings. The molecule has 0 aromatic heterocycles. The molecule has 0 aliphatic carbocycles. The highest BCUT2D eigenvalue weighted by atomic mass is 16.7. The van der Waals surface area contributed by atoms with Gasteiger partial charge in [-0.3, -0.25) is 4.79 Å². The van der Waals surface area contributed by atoms with E-state index >= 15 is 0 Å². The number of ether oxygens (including phenoxy) is 2. The Morgan fingerprint density at radius 1 is 1.00 bits per heavy atom. The quantitative estimate of drug-likeness (QED) is 0.914. The predicted octanol–water partition coefficient (Wildman–Crippen LogP) is 0.956. The lowest BCUT2D eigenvalue weighted by Gasteiger charge is -2.32. The van der Waals surface area contributed by atoms with Gasteiger partial charge in [0.15, 0.2) is 11.5 Å². The summed E-state index contributed by atoms with van der Waals surface area (Å²) in [5, 5.41) is 0. The average Bonchev–Trinajstić information content (AvgIpc) is 3.10. The molecule has 5 heteroatoms. The maximum atomic E-state index is 12.7. The Labute approximate surface area is 141 Å². The first-order chi connectivity index (χ1) is 11.8. The van der Waals surface area contributed by atoms with Gasteiger partial charge >= 0.3 is 0 Å². The van der Waals surface area contributed by atoms with Gasteiger partial charge in [0.25, 0.3) is 5.91 Å². The van der Waals surface area contributed by atoms with Crippen LogP contribution in [-0.4, -0.2) is 43.8 Å². The number of quaternary nitrogens is 1. The molecular formula is C19H21N2O3+. The van der Waals surface area contributed by atoms with Gasteiger partial charge in [-0.15, -0.1) is 0 Å². The van der Waals surface area contributed by atoms with E-state index in [9.17, 15) is 4.79 Å². The van der Waals surface area contributed by atoms with E-state index in [4.69, 9.17) is 9.47 Å². The second kappa shape index (κ2) is 6.53. The Bertz CT molecular complexity index is 725. The van der Waals surface area contributed by atoms with Gasteiger partial charge in [-0.25, -0.2) is 0 Å². The van der Waals surface area contributed by atoms with Crippen molar-refractivity contribution in [3.05, 3.63) is 59.7 Å². The van der Waals surface area contributed by atoms with Crippen molar-refractivity contribution in [2.24, 2.45) is 0 Å². The minimum atomic E-state index is 0.0760. The highest BCUT2D eigenvalue weighted by molar-refractivity contribution is 5.95. The molecule has 124 valence electrons. The lowest BCUT2D eigenvalue weighted by Crippen LogP contribution is -3.13. The van der Waals surface area contributed by atoms with E-state index in [0.29, 0.717) is 17.1 Å². The van der Waals surface area contributed by atoms with E-state index in [1.165, 1.54) is 10.5 Å². The average molecular weight is 325 g/mol. The number of benzene rings is 2.